The lowest BCUT2D eigenvalue weighted by atomic mass is 9.68. The maximum absolute atomic E-state index is 13.4. The fourth-order valence-electron chi connectivity index (χ4n) is 15.0. The second-order valence-corrected chi connectivity index (χ2v) is 30.7. The summed E-state index contributed by atoms with van der Waals surface area (Å²) in [5, 5.41) is 41.8. The monoisotopic (exact) mass is 1260 g/mol. The molecule has 0 radical (unpaired) electrons. The lowest BCUT2D eigenvalue weighted by molar-refractivity contribution is 0.0454. The Morgan fingerprint density at radius 3 is 1.40 bits per heavy atom. The van der Waals surface area contributed by atoms with Crippen LogP contribution in [0.1, 0.15) is 147 Å². The van der Waals surface area contributed by atoms with E-state index in [2.05, 4.69) is 43.5 Å². The molecular formula is C66H82Cl2N4O12S2. The van der Waals surface area contributed by atoms with Gasteiger partial charge in [0.1, 0.15) is 11.5 Å². The molecule has 4 aliphatic carbocycles. The van der Waals surface area contributed by atoms with Gasteiger partial charge in [-0.2, -0.15) is 0 Å². The fourth-order valence-corrected chi connectivity index (χ4v) is 18.5. The number of halogens is 2. The Morgan fingerprint density at radius 2 is 1.01 bits per heavy atom. The van der Waals surface area contributed by atoms with E-state index in [4.69, 9.17) is 32.7 Å². The number of carbonyl (C=O) groups excluding carboxylic acids is 2. The number of anilines is 2. The minimum atomic E-state index is -4.08. The van der Waals surface area contributed by atoms with Crippen molar-refractivity contribution >= 4 is 66.4 Å². The van der Waals surface area contributed by atoms with Crippen molar-refractivity contribution < 1.29 is 56.3 Å². The molecule has 6 N–H and O–H groups in total. The maximum atomic E-state index is 13.4. The number of aryl methyl sites for hydroxylation is 2. The molecule has 0 unspecified atom stereocenters. The molecule has 12 rings (SSSR count). The summed E-state index contributed by atoms with van der Waals surface area (Å²) < 4.78 is 70.9. The van der Waals surface area contributed by atoms with E-state index in [0.29, 0.717) is 63.7 Å². The molecule has 2 fully saturated rings. The number of hydrogen-bond acceptors (Lipinski definition) is 14. The molecule has 0 aromatic heterocycles. The fraction of sp³-hybridized carbons (Fsp3) is 0.545. The van der Waals surface area contributed by atoms with Crippen LogP contribution in [0.25, 0.3) is 0 Å². The van der Waals surface area contributed by atoms with E-state index in [1.807, 2.05) is 24.3 Å². The van der Waals surface area contributed by atoms with Crippen molar-refractivity contribution in [3.63, 3.8) is 0 Å². The molecule has 86 heavy (non-hydrogen) atoms. The molecule has 8 aliphatic rings. The zero-order valence-corrected chi connectivity index (χ0v) is 52.2. The highest BCUT2D eigenvalue weighted by atomic mass is 35.5. The van der Waals surface area contributed by atoms with Crippen molar-refractivity contribution in [2.45, 2.75) is 162 Å². The van der Waals surface area contributed by atoms with Gasteiger partial charge in [-0.15, -0.1) is 0 Å². The molecule has 2 saturated carbocycles. The van der Waals surface area contributed by atoms with E-state index < -0.39 is 66.8 Å². The number of nitrogens with one attached hydrogen (secondary N) is 2. The number of benzene rings is 4. The van der Waals surface area contributed by atoms with Crippen molar-refractivity contribution in [1.82, 2.24) is 9.44 Å². The van der Waals surface area contributed by atoms with E-state index >= 15 is 0 Å². The van der Waals surface area contributed by atoms with Crippen LogP contribution in [0.4, 0.5) is 11.4 Å². The summed E-state index contributed by atoms with van der Waals surface area (Å²) in [5.41, 5.74) is 6.37. The van der Waals surface area contributed by atoms with Crippen LogP contribution in [-0.4, -0.2) is 123 Å². The highest BCUT2D eigenvalue weighted by Gasteiger charge is 2.47. The summed E-state index contributed by atoms with van der Waals surface area (Å²) in [6, 6.07) is 22.5. The van der Waals surface area contributed by atoms with Crippen LogP contribution in [-0.2, 0) is 43.7 Å². The molecule has 20 heteroatoms. The number of rotatable bonds is 4. The van der Waals surface area contributed by atoms with Crippen LogP contribution in [0.3, 0.4) is 0 Å². The predicted molar refractivity (Wildman–Crippen MR) is 335 cm³/mol. The Balaban J connectivity index is 0.000000179. The van der Waals surface area contributed by atoms with Gasteiger partial charge in [-0.3, -0.25) is 9.59 Å². The third-order valence-corrected chi connectivity index (χ3v) is 23.9. The number of ether oxygens (including phenoxy) is 2. The Hall–Kier alpha value is -5.18. The van der Waals surface area contributed by atoms with Gasteiger partial charge < -0.3 is 39.7 Å². The summed E-state index contributed by atoms with van der Waals surface area (Å²) in [5.74, 6) is 0.601. The molecule has 4 aromatic rings. The van der Waals surface area contributed by atoms with E-state index in [9.17, 15) is 46.9 Å². The van der Waals surface area contributed by atoms with Crippen molar-refractivity contribution in [2.75, 3.05) is 49.2 Å². The van der Waals surface area contributed by atoms with E-state index in [1.165, 1.54) is 22.3 Å². The summed E-state index contributed by atoms with van der Waals surface area (Å²) in [4.78, 5) is 31.4. The lowest BCUT2D eigenvalue weighted by Gasteiger charge is -2.45. The summed E-state index contributed by atoms with van der Waals surface area (Å²) in [6.07, 6.45) is 15.2. The average Bonchev–Trinajstić information content (AvgIpc) is 1.55. The number of aliphatic hydroxyl groups excluding tert-OH is 4. The maximum Gasteiger partial charge on any atom is 0.264 e. The van der Waals surface area contributed by atoms with Gasteiger partial charge >= 0.3 is 0 Å². The van der Waals surface area contributed by atoms with E-state index in [1.54, 1.807) is 62.4 Å². The number of fused-ring (bicyclic) bond motifs is 8. The molecule has 4 bridgehead atoms. The average molecular weight is 1260 g/mol. The number of amides is 2. The molecule has 4 aliphatic heterocycles. The normalized spacial score (nSPS) is 31.8. The molecule has 464 valence electrons. The first-order valence-electron chi connectivity index (χ1n) is 30.9. The third-order valence-electron chi connectivity index (χ3n) is 19.9. The van der Waals surface area contributed by atoms with Crippen LogP contribution < -0.4 is 28.7 Å². The minimum absolute atomic E-state index is 0.00425. The Kier molecular flexibility index (Phi) is 18.7. The Morgan fingerprint density at radius 1 is 0.593 bits per heavy atom. The van der Waals surface area contributed by atoms with Gasteiger partial charge in [0.25, 0.3) is 11.8 Å². The van der Waals surface area contributed by atoms with Crippen molar-refractivity contribution in [2.24, 2.45) is 23.7 Å². The zero-order valence-electron chi connectivity index (χ0n) is 49.1. The van der Waals surface area contributed by atoms with Gasteiger partial charge in [-0.25, -0.2) is 26.3 Å². The highest BCUT2D eigenvalue weighted by Crippen LogP contribution is 2.49. The summed E-state index contributed by atoms with van der Waals surface area (Å²) in [6.45, 7) is 6.76. The van der Waals surface area contributed by atoms with Gasteiger partial charge in [0.2, 0.25) is 20.0 Å². The first-order chi connectivity index (χ1) is 41.1. The van der Waals surface area contributed by atoms with Gasteiger partial charge in [0.15, 0.2) is 0 Å². The SMILES string of the molecule is C[C@H](O)C[C@@H]1CC/C=C\[C@H](O)[C@@H]2CC[C@H]2CN2C[C@@]3(CCCc4cc(Cl)ccc43)COc3ccc(cc32)C(=O)NS1(=O)=O.C[C@H](O)C[C@H]1CC/C=C\[C@H](O)[C@@H]2CC[C@H]2CN2C[C@@]3(CCCc4cc(Cl)ccc43)COc3ccc(cc32)C(=O)NS1(=O)=O. The molecule has 4 aromatic carbocycles. The minimum Gasteiger partial charge on any atom is -0.490 e. The van der Waals surface area contributed by atoms with E-state index in [-0.39, 0.29) is 71.3 Å². The van der Waals surface area contributed by atoms with Crippen LogP contribution in [0.15, 0.2) is 97.1 Å². The number of sulfonamides is 2. The number of hydrogen-bond donors (Lipinski definition) is 6. The van der Waals surface area contributed by atoms with Crippen LogP contribution in [0.5, 0.6) is 11.5 Å². The summed E-state index contributed by atoms with van der Waals surface area (Å²) >= 11 is 12.8. The molecular weight excluding hydrogens is 1180 g/mol. The number of aliphatic hydroxyl groups is 4. The standard InChI is InChI=1S/2C33H41ClN2O6S/c2*1-21(37)15-26-6-2-3-7-30(38)27-11-8-24(27)18-36-19-33(14-4-5-22-16-25(34)10-12-28(22)33)20-42-31-13-9-23(17-29(31)36)32(39)35-43(26,40)41/h2*3,7,9-10,12-13,16-17,21,24,26-27,30,37-38H,2,4-6,8,11,14-15,18-20H2,1H3,(H,35,39)/b2*7-3-/t21-,24-,26+,27+,30-,33-;21-,24-,26-,27+,30-,33-/m00/s1. The van der Waals surface area contributed by atoms with Gasteiger partial charge in [0, 0.05) is 58.2 Å². The van der Waals surface area contributed by atoms with Gasteiger partial charge in [-0.05, 0) is 223 Å². The van der Waals surface area contributed by atoms with E-state index in [0.717, 1.165) is 85.6 Å². The van der Waals surface area contributed by atoms with Gasteiger partial charge in [0.05, 0.1) is 59.5 Å². The summed E-state index contributed by atoms with van der Waals surface area (Å²) in [7, 11) is -8.16. The topological polar surface area (TPSA) is 232 Å². The quantitative estimate of drug-likeness (QED) is 0.105. The Labute approximate surface area is 516 Å². The zero-order chi connectivity index (χ0) is 60.7. The van der Waals surface area contributed by atoms with Crippen LogP contribution in [0.2, 0.25) is 10.0 Å². The number of allylic oxidation sites excluding steroid dienone is 2. The van der Waals surface area contributed by atoms with Crippen molar-refractivity contribution in [1.29, 1.82) is 0 Å². The van der Waals surface area contributed by atoms with Crippen molar-refractivity contribution in [3.05, 3.63) is 141 Å². The molecule has 12 atom stereocenters. The van der Waals surface area contributed by atoms with Crippen LogP contribution in [0, 0.1) is 23.7 Å². The molecule has 4 heterocycles. The predicted octanol–water partition coefficient (Wildman–Crippen LogP) is 9.50. The second-order valence-electron chi connectivity index (χ2n) is 25.9. The van der Waals surface area contributed by atoms with Crippen molar-refractivity contribution in [3.8, 4) is 11.5 Å². The van der Waals surface area contributed by atoms with Crippen LogP contribution >= 0.6 is 23.2 Å². The molecule has 16 nitrogen and oxygen atoms in total. The first-order valence-corrected chi connectivity index (χ1v) is 34.7. The van der Waals surface area contributed by atoms with Gasteiger partial charge in [-0.1, -0.05) is 59.6 Å². The first kappa shape index (κ1) is 62.4. The largest absolute Gasteiger partial charge is 0.490 e. The molecule has 2 spiro atoms. The lowest BCUT2D eigenvalue weighted by Crippen LogP contribution is -2.49. The number of nitrogens with zero attached hydrogens (tertiary/aromatic N) is 2. The second kappa shape index (κ2) is 25.7. The molecule has 0 saturated heterocycles. The third kappa shape index (κ3) is 13.4. The number of carbonyl (C=O) groups is 2. The smallest absolute Gasteiger partial charge is 0.264 e. The molecule has 2 amide bonds. The Bertz CT molecular complexity index is 3250. The highest BCUT2D eigenvalue weighted by molar-refractivity contribution is 7.91.